The molecule has 0 spiro atoms. The lowest BCUT2D eigenvalue weighted by molar-refractivity contribution is 0.415. The molecule has 1 saturated heterocycles. The van der Waals surface area contributed by atoms with Crippen LogP contribution in [0.4, 0.5) is 0 Å². The summed E-state index contributed by atoms with van der Waals surface area (Å²) in [5.41, 5.74) is 1.24. The van der Waals surface area contributed by atoms with Crippen molar-refractivity contribution in [3.8, 4) is 28.7 Å². The summed E-state index contributed by atoms with van der Waals surface area (Å²) < 4.78 is 38.8. The SMILES string of the molecule is COc1ccc(-c2nnc(-c3ccc(Cl)c(S(=O)(=O)N4CCCCCC4)c3)o2)cc1. The fourth-order valence-corrected chi connectivity index (χ4v) is 5.46. The molecule has 0 radical (unpaired) electrons. The van der Waals surface area contributed by atoms with E-state index >= 15 is 0 Å². The molecular formula is C21H22ClN3O4S. The van der Waals surface area contributed by atoms with Crippen molar-refractivity contribution in [1.29, 1.82) is 0 Å². The van der Waals surface area contributed by atoms with Gasteiger partial charge in [-0.2, -0.15) is 4.31 Å². The molecule has 2 aromatic carbocycles. The second-order valence-corrected chi connectivity index (χ2v) is 9.42. The van der Waals surface area contributed by atoms with Gasteiger partial charge in [-0.1, -0.05) is 24.4 Å². The average Bonchev–Trinajstić information content (AvgIpc) is 3.08. The molecule has 4 rings (SSSR count). The van der Waals surface area contributed by atoms with Crippen molar-refractivity contribution in [3.05, 3.63) is 47.5 Å². The highest BCUT2D eigenvalue weighted by Gasteiger charge is 2.28. The van der Waals surface area contributed by atoms with E-state index in [1.807, 2.05) is 12.1 Å². The molecule has 1 aliphatic rings. The van der Waals surface area contributed by atoms with E-state index in [-0.39, 0.29) is 15.8 Å². The number of hydrogen-bond acceptors (Lipinski definition) is 6. The molecule has 0 amide bonds. The van der Waals surface area contributed by atoms with E-state index in [1.54, 1.807) is 31.4 Å². The predicted molar refractivity (Wildman–Crippen MR) is 114 cm³/mol. The van der Waals surface area contributed by atoms with Crippen molar-refractivity contribution < 1.29 is 17.6 Å². The third-order valence-electron chi connectivity index (χ3n) is 5.12. The Morgan fingerprint density at radius 1 is 0.933 bits per heavy atom. The monoisotopic (exact) mass is 447 g/mol. The molecule has 9 heteroatoms. The number of rotatable bonds is 5. The highest BCUT2D eigenvalue weighted by atomic mass is 35.5. The second-order valence-electron chi connectivity index (χ2n) is 7.10. The van der Waals surface area contributed by atoms with Gasteiger partial charge in [-0.3, -0.25) is 0 Å². The van der Waals surface area contributed by atoms with Crippen LogP contribution in [0.5, 0.6) is 5.75 Å². The van der Waals surface area contributed by atoms with Gasteiger partial charge < -0.3 is 9.15 Å². The summed E-state index contributed by atoms with van der Waals surface area (Å²) in [5, 5.41) is 8.35. The summed E-state index contributed by atoms with van der Waals surface area (Å²) in [6.45, 7) is 1.01. The topological polar surface area (TPSA) is 85.5 Å². The number of ether oxygens (including phenoxy) is 1. The summed E-state index contributed by atoms with van der Waals surface area (Å²) in [6, 6.07) is 12.0. The minimum atomic E-state index is -3.70. The van der Waals surface area contributed by atoms with Gasteiger partial charge in [0.1, 0.15) is 10.6 Å². The molecular weight excluding hydrogens is 426 g/mol. The van der Waals surface area contributed by atoms with Gasteiger partial charge in [-0.25, -0.2) is 8.42 Å². The van der Waals surface area contributed by atoms with E-state index in [4.69, 9.17) is 20.8 Å². The smallest absolute Gasteiger partial charge is 0.248 e. The molecule has 0 saturated carbocycles. The summed E-state index contributed by atoms with van der Waals surface area (Å²) in [6.07, 6.45) is 3.78. The van der Waals surface area contributed by atoms with Crippen LogP contribution in [-0.4, -0.2) is 43.1 Å². The zero-order valence-corrected chi connectivity index (χ0v) is 18.1. The molecule has 1 fully saturated rings. The van der Waals surface area contributed by atoms with Gasteiger partial charge in [0, 0.05) is 24.2 Å². The molecule has 158 valence electrons. The molecule has 0 aliphatic carbocycles. The highest BCUT2D eigenvalue weighted by Crippen LogP contribution is 2.32. The summed E-state index contributed by atoms with van der Waals surface area (Å²) >= 11 is 6.27. The Morgan fingerprint density at radius 2 is 1.53 bits per heavy atom. The maximum atomic E-state index is 13.2. The van der Waals surface area contributed by atoms with Crippen molar-refractivity contribution in [3.63, 3.8) is 0 Å². The summed E-state index contributed by atoms with van der Waals surface area (Å²) in [7, 11) is -2.11. The Kier molecular flexibility index (Phi) is 6.08. The van der Waals surface area contributed by atoms with Crippen molar-refractivity contribution >= 4 is 21.6 Å². The molecule has 0 unspecified atom stereocenters. The van der Waals surface area contributed by atoms with Crippen molar-refractivity contribution in [2.45, 2.75) is 30.6 Å². The standard InChI is InChI=1S/C21H22ClN3O4S/c1-28-17-9-6-15(7-10-17)20-23-24-21(29-20)16-8-11-18(22)19(14-16)30(26,27)25-12-4-2-3-5-13-25/h6-11,14H,2-5,12-13H2,1H3. The number of halogens is 1. The Morgan fingerprint density at radius 3 is 2.17 bits per heavy atom. The minimum Gasteiger partial charge on any atom is -0.497 e. The first kappa shape index (κ1) is 20.8. The van der Waals surface area contributed by atoms with Gasteiger partial charge in [0.05, 0.1) is 12.1 Å². The second kappa shape index (κ2) is 8.75. The van der Waals surface area contributed by atoms with Crippen molar-refractivity contribution in [2.24, 2.45) is 0 Å². The van der Waals surface area contributed by atoms with Crippen LogP contribution in [0.25, 0.3) is 22.9 Å². The fraction of sp³-hybridized carbons (Fsp3) is 0.333. The first-order chi connectivity index (χ1) is 14.5. The zero-order chi connectivity index (χ0) is 21.1. The van der Waals surface area contributed by atoms with Gasteiger partial charge in [-0.15, -0.1) is 10.2 Å². The van der Waals surface area contributed by atoms with Crippen LogP contribution in [-0.2, 0) is 10.0 Å². The number of benzene rings is 2. The minimum absolute atomic E-state index is 0.0627. The first-order valence-electron chi connectivity index (χ1n) is 9.77. The Labute approximate surface area is 180 Å². The van der Waals surface area contributed by atoms with Crippen LogP contribution in [0.15, 0.2) is 51.8 Å². The highest BCUT2D eigenvalue weighted by molar-refractivity contribution is 7.89. The van der Waals surface area contributed by atoms with E-state index in [9.17, 15) is 8.42 Å². The predicted octanol–water partition coefficient (Wildman–Crippen LogP) is 4.63. The quantitative estimate of drug-likeness (QED) is 0.566. The van der Waals surface area contributed by atoms with Crippen LogP contribution >= 0.6 is 11.6 Å². The van der Waals surface area contributed by atoms with E-state index in [0.717, 1.165) is 37.0 Å². The molecule has 0 bridgehead atoms. The molecule has 1 aromatic heterocycles. The summed E-state index contributed by atoms with van der Waals surface area (Å²) in [5.74, 6) is 1.28. The third-order valence-corrected chi connectivity index (χ3v) is 7.50. The zero-order valence-electron chi connectivity index (χ0n) is 16.5. The molecule has 0 atom stereocenters. The number of hydrogen-bond donors (Lipinski definition) is 0. The number of aromatic nitrogens is 2. The third kappa shape index (κ3) is 4.21. The molecule has 30 heavy (non-hydrogen) atoms. The van der Waals surface area contributed by atoms with E-state index < -0.39 is 10.0 Å². The largest absolute Gasteiger partial charge is 0.497 e. The summed E-state index contributed by atoms with van der Waals surface area (Å²) in [4.78, 5) is 0.0627. The van der Waals surface area contributed by atoms with Crippen LogP contribution < -0.4 is 4.74 Å². The van der Waals surface area contributed by atoms with Crippen molar-refractivity contribution in [2.75, 3.05) is 20.2 Å². The Balaban J connectivity index is 1.65. The molecule has 0 N–H and O–H groups in total. The van der Waals surface area contributed by atoms with Crippen LogP contribution in [0.1, 0.15) is 25.7 Å². The number of methoxy groups -OCH3 is 1. The van der Waals surface area contributed by atoms with Gasteiger partial charge >= 0.3 is 0 Å². The maximum Gasteiger partial charge on any atom is 0.248 e. The van der Waals surface area contributed by atoms with Gasteiger partial charge in [-0.05, 0) is 55.3 Å². The van der Waals surface area contributed by atoms with Gasteiger partial charge in [0.2, 0.25) is 21.8 Å². The van der Waals surface area contributed by atoms with E-state index in [0.29, 0.717) is 24.5 Å². The van der Waals surface area contributed by atoms with Crippen LogP contribution in [0.2, 0.25) is 5.02 Å². The number of sulfonamides is 1. The average molecular weight is 448 g/mol. The molecule has 1 aliphatic heterocycles. The molecule has 3 aromatic rings. The molecule has 7 nitrogen and oxygen atoms in total. The Bertz CT molecular complexity index is 1120. The lowest BCUT2D eigenvalue weighted by Crippen LogP contribution is -2.32. The Hall–Kier alpha value is -2.42. The van der Waals surface area contributed by atoms with Gasteiger partial charge in [0.25, 0.3) is 0 Å². The normalized spacial score (nSPS) is 15.7. The maximum absolute atomic E-state index is 13.2. The first-order valence-corrected chi connectivity index (χ1v) is 11.6. The van der Waals surface area contributed by atoms with Crippen molar-refractivity contribution in [1.82, 2.24) is 14.5 Å². The van der Waals surface area contributed by atoms with Crippen LogP contribution in [0.3, 0.4) is 0 Å². The molecule has 2 heterocycles. The lowest BCUT2D eigenvalue weighted by Gasteiger charge is -2.20. The van der Waals surface area contributed by atoms with E-state index in [2.05, 4.69) is 10.2 Å². The number of nitrogens with zero attached hydrogens (tertiary/aromatic N) is 3. The van der Waals surface area contributed by atoms with Crippen LogP contribution in [0, 0.1) is 0 Å². The fourth-order valence-electron chi connectivity index (χ4n) is 3.45. The van der Waals surface area contributed by atoms with Gasteiger partial charge in [0.15, 0.2) is 0 Å². The van der Waals surface area contributed by atoms with E-state index in [1.165, 1.54) is 10.4 Å². The lowest BCUT2D eigenvalue weighted by atomic mass is 10.2.